The van der Waals surface area contributed by atoms with Crippen molar-refractivity contribution in [2.75, 3.05) is 37.0 Å². The van der Waals surface area contributed by atoms with Crippen molar-refractivity contribution in [3.8, 4) is 0 Å². The maximum Gasteiger partial charge on any atom is 0.268 e. The molecule has 0 atom stereocenters. The lowest BCUT2D eigenvalue weighted by Gasteiger charge is -2.39. The Morgan fingerprint density at radius 3 is 2.36 bits per heavy atom. The van der Waals surface area contributed by atoms with Crippen LogP contribution in [0.25, 0.3) is 0 Å². The van der Waals surface area contributed by atoms with Crippen molar-refractivity contribution < 1.29 is 0 Å². The van der Waals surface area contributed by atoms with Crippen molar-refractivity contribution in [3.05, 3.63) is 40.8 Å². The second kappa shape index (κ2) is 7.87. The summed E-state index contributed by atoms with van der Waals surface area (Å²) in [6.45, 7) is 2.86. The molecule has 150 valence electrons. The van der Waals surface area contributed by atoms with Gasteiger partial charge in [-0.15, -0.1) is 0 Å². The van der Waals surface area contributed by atoms with Crippen molar-refractivity contribution in [3.63, 3.8) is 0 Å². The van der Waals surface area contributed by atoms with Crippen LogP contribution in [0.2, 0.25) is 0 Å². The summed E-state index contributed by atoms with van der Waals surface area (Å²) >= 11 is 0. The van der Waals surface area contributed by atoms with Gasteiger partial charge < -0.3 is 14.4 Å². The minimum atomic E-state index is -0.0653. The zero-order valence-corrected chi connectivity index (χ0v) is 17.0. The van der Waals surface area contributed by atoms with E-state index in [2.05, 4.69) is 30.8 Å². The van der Waals surface area contributed by atoms with E-state index in [4.69, 9.17) is 0 Å². The molecule has 1 saturated heterocycles. The first-order valence-corrected chi connectivity index (χ1v) is 10.0. The molecule has 2 aliphatic rings. The van der Waals surface area contributed by atoms with Crippen LogP contribution in [0.1, 0.15) is 31.4 Å². The molecule has 4 rings (SSSR count). The van der Waals surface area contributed by atoms with Gasteiger partial charge in [-0.05, 0) is 25.7 Å². The Kier molecular flexibility index (Phi) is 5.30. The monoisotopic (exact) mass is 383 g/mol. The predicted molar refractivity (Wildman–Crippen MR) is 110 cm³/mol. The Morgan fingerprint density at radius 1 is 1.04 bits per heavy atom. The van der Waals surface area contributed by atoms with Crippen LogP contribution in [0, 0.1) is 0 Å². The van der Waals surface area contributed by atoms with Gasteiger partial charge in [-0.2, -0.15) is 0 Å². The van der Waals surface area contributed by atoms with Crippen molar-refractivity contribution in [1.82, 2.24) is 24.4 Å². The van der Waals surface area contributed by atoms with Gasteiger partial charge in [0.15, 0.2) is 0 Å². The first-order valence-electron chi connectivity index (χ1n) is 10.0. The average molecular weight is 384 g/mol. The minimum Gasteiger partial charge on any atom is -0.363 e. The first-order chi connectivity index (χ1) is 13.5. The highest BCUT2D eigenvalue weighted by Crippen LogP contribution is 2.36. The van der Waals surface area contributed by atoms with Crippen molar-refractivity contribution in [2.45, 2.75) is 44.3 Å². The third-order valence-electron chi connectivity index (χ3n) is 5.67. The third kappa shape index (κ3) is 4.16. The van der Waals surface area contributed by atoms with E-state index in [0.717, 1.165) is 49.8 Å². The summed E-state index contributed by atoms with van der Waals surface area (Å²) in [5, 5.41) is 0. The zero-order valence-electron chi connectivity index (χ0n) is 17.0. The smallest absolute Gasteiger partial charge is 0.268 e. The number of rotatable bonds is 6. The molecule has 8 nitrogen and oxygen atoms in total. The molecule has 3 heterocycles. The largest absolute Gasteiger partial charge is 0.363 e. The van der Waals surface area contributed by atoms with Crippen molar-refractivity contribution in [2.24, 2.45) is 7.05 Å². The molecule has 2 fully saturated rings. The number of nitrogens with zero attached hydrogens (tertiary/aromatic N) is 7. The van der Waals surface area contributed by atoms with Crippen LogP contribution in [0.5, 0.6) is 0 Å². The molecule has 28 heavy (non-hydrogen) atoms. The molecule has 1 aliphatic carbocycles. The molecular formula is C20H29N7O. The van der Waals surface area contributed by atoms with Gasteiger partial charge in [0.25, 0.3) is 5.56 Å². The topological polar surface area (TPSA) is 70.4 Å². The summed E-state index contributed by atoms with van der Waals surface area (Å²) in [5.74, 6) is 2.01. The Bertz CT molecular complexity index is 869. The maximum absolute atomic E-state index is 11.5. The highest BCUT2D eigenvalue weighted by atomic mass is 16.1. The number of piperidine rings is 1. The zero-order chi connectivity index (χ0) is 19.7. The first kappa shape index (κ1) is 18.9. The van der Waals surface area contributed by atoms with E-state index >= 15 is 0 Å². The van der Waals surface area contributed by atoms with Gasteiger partial charge in [0.05, 0.1) is 11.9 Å². The lowest BCUT2D eigenvalue weighted by Crippen LogP contribution is -2.46. The van der Waals surface area contributed by atoms with Gasteiger partial charge in [-0.25, -0.2) is 9.97 Å². The summed E-state index contributed by atoms with van der Waals surface area (Å²) in [6.07, 6.45) is 9.67. The van der Waals surface area contributed by atoms with Crippen molar-refractivity contribution >= 4 is 11.6 Å². The fourth-order valence-electron chi connectivity index (χ4n) is 3.96. The van der Waals surface area contributed by atoms with E-state index < -0.39 is 0 Å². The second-order valence-electron chi connectivity index (χ2n) is 8.10. The van der Waals surface area contributed by atoms with Gasteiger partial charge in [0.2, 0.25) is 0 Å². The van der Waals surface area contributed by atoms with E-state index in [1.807, 2.05) is 25.2 Å². The number of aromatic nitrogens is 4. The van der Waals surface area contributed by atoms with E-state index in [0.29, 0.717) is 12.1 Å². The van der Waals surface area contributed by atoms with E-state index in [1.54, 1.807) is 17.9 Å². The highest BCUT2D eigenvalue weighted by molar-refractivity contribution is 5.51. The molecule has 0 N–H and O–H groups in total. The molecular weight excluding hydrogens is 354 g/mol. The normalized spacial score (nSPS) is 18.2. The number of hydrogen-bond donors (Lipinski definition) is 0. The summed E-state index contributed by atoms with van der Waals surface area (Å²) in [6, 6.07) is 3.24. The lowest BCUT2D eigenvalue weighted by molar-refractivity contribution is 0.198. The third-order valence-corrected chi connectivity index (χ3v) is 5.67. The fraction of sp³-hybridized carbons (Fsp3) is 0.600. The van der Waals surface area contributed by atoms with Gasteiger partial charge in [0, 0.05) is 65.1 Å². The Hall–Kier alpha value is -2.48. The molecule has 0 radical (unpaired) electrons. The quantitative estimate of drug-likeness (QED) is 0.744. The fourth-order valence-corrected chi connectivity index (χ4v) is 3.96. The number of hydrogen-bond acceptors (Lipinski definition) is 7. The SMILES string of the molecule is CN(C)c1cc(N(C2CC2)C2CCN(Cc3cn(C)c(=O)cn3)CC2)ncn1. The molecule has 0 bridgehead atoms. The van der Waals surface area contributed by atoms with Crippen LogP contribution in [-0.2, 0) is 13.6 Å². The number of anilines is 2. The van der Waals surface area contributed by atoms with E-state index in [9.17, 15) is 4.79 Å². The van der Waals surface area contributed by atoms with Crippen LogP contribution in [-0.4, -0.2) is 63.7 Å². The molecule has 0 unspecified atom stereocenters. The predicted octanol–water partition coefficient (Wildman–Crippen LogP) is 1.27. The van der Waals surface area contributed by atoms with Gasteiger partial charge in [-0.1, -0.05) is 0 Å². The van der Waals surface area contributed by atoms with Gasteiger partial charge in [0.1, 0.15) is 18.0 Å². The van der Waals surface area contributed by atoms with Crippen LogP contribution in [0.4, 0.5) is 11.6 Å². The van der Waals surface area contributed by atoms with Gasteiger partial charge >= 0.3 is 0 Å². The van der Waals surface area contributed by atoms with Crippen LogP contribution in [0.3, 0.4) is 0 Å². The van der Waals surface area contributed by atoms with Gasteiger partial charge in [-0.3, -0.25) is 14.7 Å². The standard InChI is InChI=1S/C20H29N7O/c1-24(2)18-10-19(23-14-22-18)27(16-4-5-16)17-6-8-26(9-7-17)13-15-12-25(3)20(28)11-21-15/h10-12,14,16-17H,4-9,13H2,1-3H3. The summed E-state index contributed by atoms with van der Waals surface area (Å²) in [5.41, 5.74) is 0.885. The van der Waals surface area contributed by atoms with Crippen LogP contribution >= 0.6 is 0 Å². The highest BCUT2D eigenvalue weighted by Gasteiger charge is 2.36. The Balaban J connectivity index is 1.42. The Labute approximate surface area is 165 Å². The lowest BCUT2D eigenvalue weighted by atomic mass is 10.0. The molecule has 0 aromatic carbocycles. The second-order valence-corrected chi connectivity index (χ2v) is 8.10. The summed E-state index contributed by atoms with van der Waals surface area (Å²) in [7, 11) is 5.80. The van der Waals surface area contributed by atoms with Crippen molar-refractivity contribution in [1.29, 1.82) is 0 Å². The summed E-state index contributed by atoms with van der Waals surface area (Å²) in [4.78, 5) is 31.8. The molecule has 1 saturated carbocycles. The average Bonchev–Trinajstić information content (AvgIpc) is 3.52. The molecule has 0 amide bonds. The summed E-state index contributed by atoms with van der Waals surface area (Å²) < 4.78 is 1.60. The molecule has 2 aromatic heterocycles. The van der Waals surface area contributed by atoms with Crippen LogP contribution < -0.4 is 15.4 Å². The number of likely N-dealkylation sites (tertiary alicyclic amines) is 1. The Morgan fingerprint density at radius 2 is 1.71 bits per heavy atom. The van der Waals surface area contributed by atoms with E-state index in [-0.39, 0.29) is 5.56 Å². The minimum absolute atomic E-state index is 0.0653. The molecule has 8 heteroatoms. The number of aryl methyl sites for hydroxylation is 1. The van der Waals surface area contributed by atoms with Crippen LogP contribution in [0.15, 0.2) is 29.6 Å². The molecule has 2 aromatic rings. The maximum atomic E-state index is 11.5. The molecule has 1 aliphatic heterocycles. The van der Waals surface area contributed by atoms with E-state index in [1.165, 1.54) is 19.0 Å². The molecule has 0 spiro atoms.